The highest BCUT2D eigenvalue weighted by Gasteiger charge is 2.14. The highest BCUT2D eigenvalue weighted by Crippen LogP contribution is 2.19. The van der Waals surface area contributed by atoms with Crippen LogP contribution in [0.25, 0.3) is 5.69 Å². The number of hydrogen-bond donors (Lipinski definition) is 1. The third-order valence-electron chi connectivity index (χ3n) is 3.20. The standard InChI is InChI=1S/C16H15N3O2S/c1-13-6-8-16(9-7-13)22(20,21)18-14-4-2-5-15(12-14)19-11-3-10-17-19/h2-12,18H,1H3. The molecule has 3 aromatic rings. The minimum Gasteiger partial charge on any atom is -0.280 e. The summed E-state index contributed by atoms with van der Waals surface area (Å²) in [6.07, 6.45) is 3.47. The summed E-state index contributed by atoms with van der Waals surface area (Å²) in [5.74, 6) is 0. The predicted octanol–water partition coefficient (Wildman–Crippen LogP) is 2.98. The van der Waals surface area contributed by atoms with E-state index in [0.29, 0.717) is 5.69 Å². The summed E-state index contributed by atoms with van der Waals surface area (Å²) in [6, 6.07) is 15.6. The zero-order valence-corrected chi connectivity index (χ0v) is 12.8. The predicted molar refractivity (Wildman–Crippen MR) is 85.6 cm³/mol. The molecule has 0 spiro atoms. The lowest BCUT2D eigenvalue weighted by Crippen LogP contribution is -2.13. The van der Waals surface area contributed by atoms with E-state index in [9.17, 15) is 8.42 Å². The summed E-state index contributed by atoms with van der Waals surface area (Å²) >= 11 is 0. The van der Waals surface area contributed by atoms with Crippen LogP contribution in [0.5, 0.6) is 0 Å². The van der Waals surface area contributed by atoms with Crippen LogP contribution in [0.2, 0.25) is 0 Å². The normalized spacial score (nSPS) is 11.3. The molecule has 0 aliphatic heterocycles. The molecule has 0 aliphatic carbocycles. The quantitative estimate of drug-likeness (QED) is 0.805. The highest BCUT2D eigenvalue weighted by molar-refractivity contribution is 7.92. The first-order valence-corrected chi connectivity index (χ1v) is 8.22. The zero-order valence-electron chi connectivity index (χ0n) is 12.0. The van der Waals surface area contributed by atoms with Crippen LogP contribution in [0.1, 0.15) is 5.56 Å². The number of anilines is 1. The average molecular weight is 313 g/mol. The van der Waals surface area contributed by atoms with Crippen LogP contribution in [-0.4, -0.2) is 18.2 Å². The van der Waals surface area contributed by atoms with Gasteiger partial charge in [0.25, 0.3) is 10.0 Å². The molecule has 0 bridgehead atoms. The monoisotopic (exact) mass is 313 g/mol. The van der Waals surface area contributed by atoms with E-state index < -0.39 is 10.0 Å². The van der Waals surface area contributed by atoms with Crippen molar-refractivity contribution in [3.05, 3.63) is 72.6 Å². The van der Waals surface area contributed by atoms with Crippen molar-refractivity contribution in [2.24, 2.45) is 0 Å². The molecular weight excluding hydrogens is 298 g/mol. The third kappa shape index (κ3) is 3.01. The molecule has 0 radical (unpaired) electrons. The second-order valence-corrected chi connectivity index (χ2v) is 6.60. The van der Waals surface area contributed by atoms with Crippen LogP contribution < -0.4 is 4.72 Å². The molecule has 5 nitrogen and oxygen atoms in total. The minimum atomic E-state index is -3.60. The Morgan fingerprint density at radius 1 is 1.05 bits per heavy atom. The van der Waals surface area contributed by atoms with Crippen molar-refractivity contribution in [2.75, 3.05) is 4.72 Å². The van der Waals surface area contributed by atoms with Gasteiger partial charge in [0.05, 0.1) is 16.3 Å². The number of nitrogens with zero attached hydrogens (tertiary/aromatic N) is 2. The van der Waals surface area contributed by atoms with Crippen LogP contribution in [0.15, 0.2) is 71.9 Å². The van der Waals surface area contributed by atoms with E-state index in [4.69, 9.17) is 0 Å². The van der Waals surface area contributed by atoms with Crippen LogP contribution in [0.3, 0.4) is 0 Å². The van der Waals surface area contributed by atoms with Gasteiger partial charge in [-0.2, -0.15) is 5.10 Å². The smallest absolute Gasteiger partial charge is 0.261 e. The Hall–Kier alpha value is -2.60. The molecule has 3 rings (SSSR count). The van der Waals surface area contributed by atoms with Gasteiger partial charge in [-0.15, -0.1) is 0 Å². The van der Waals surface area contributed by atoms with E-state index in [2.05, 4.69) is 9.82 Å². The average Bonchev–Trinajstić information content (AvgIpc) is 3.02. The number of hydrogen-bond acceptors (Lipinski definition) is 3. The first-order valence-electron chi connectivity index (χ1n) is 6.74. The fourth-order valence-electron chi connectivity index (χ4n) is 2.06. The van der Waals surface area contributed by atoms with Gasteiger partial charge in [0.1, 0.15) is 0 Å². The number of aromatic nitrogens is 2. The van der Waals surface area contributed by atoms with Gasteiger partial charge < -0.3 is 0 Å². The van der Waals surface area contributed by atoms with Gasteiger partial charge >= 0.3 is 0 Å². The molecule has 1 heterocycles. The second-order valence-electron chi connectivity index (χ2n) is 4.92. The van der Waals surface area contributed by atoms with E-state index in [1.807, 2.05) is 19.1 Å². The van der Waals surface area contributed by atoms with E-state index in [1.165, 1.54) is 0 Å². The Morgan fingerprint density at radius 3 is 2.50 bits per heavy atom. The van der Waals surface area contributed by atoms with E-state index in [-0.39, 0.29) is 4.90 Å². The molecule has 0 saturated carbocycles. The van der Waals surface area contributed by atoms with Gasteiger partial charge in [0, 0.05) is 12.4 Å². The number of benzene rings is 2. The molecule has 0 amide bonds. The molecule has 0 aliphatic rings. The maximum absolute atomic E-state index is 12.4. The summed E-state index contributed by atoms with van der Waals surface area (Å²) in [5.41, 5.74) is 2.29. The Kier molecular flexibility index (Phi) is 3.68. The van der Waals surface area contributed by atoms with E-state index in [1.54, 1.807) is 59.5 Å². The van der Waals surface area contributed by atoms with Crippen molar-refractivity contribution >= 4 is 15.7 Å². The maximum atomic E-state index is 12.4. The third-order valence-corrected chi connectivity index (χ3v) is 4.60. The molecule has 0 fully saturated rings. The molecule has 1 aromatic heterocycles. The SMILES string of the molecule is Cc1ccc(S(=O)(=O)Nc2cccc(-n3cccn3)c2)cc1. The lowest BCUT2D eigenvalue weighted by molar-refractivity contribution is 0.601. The maximum Gasteiger partial charge on any atom is 0.261 e. The Labute approximate surface area is 129 Å². The molecular formula is C16H15N3O2S. The largest absolute Gasteiger partial charge is 0.280 e. The van der Waals surface area contributed by atoms with Crippen LogP contribution >= 0.6 is 0 Å². The fourth-order valence-corrected chi connectivity index (χ4v) is 3.11. The van der Waals surface area contributed by atoms with Crippen molar-refractivity contribution in [1.82, 2.24) is 9.78 Å². The molecule has 22 heavy (non-hydrogen) atoms. The van der Waals surface area contributed by atoms with Crippen molar-refractivity contribution in [1.29, 1.82) is 0 Å². The van der Waals surface area contributed by atoms with Gasteiger partial charge in [-0.3, -0.25) is 4.72 Å². The van der Waals surface area contributed by atoms with Crippen LogP contribution in [0, 0.1) is 6.92 Å². The van der Waals surface area contributed by atoms with Gasteiger partial charge in [0.2, 0.25) is 0 Å². The van der Waals surface area contributed by atoms with Gasteiger partial charge in [-0.25, -0.2) is 13.1 Å². The van der Waals surface area contributed by atoms with Crippen LogP contribution in [0.4, 0.5) is 5.69 Å². The topological polar surface area (TPSA) is 64.0 Å². The van der Waals surface area contributed by atoms with Crippen molar-refractivity contribution in [3.8, 4) is 5.69 Å². The summed E-state index contributed by atoms with van der Waals surface area (Å²) in [7, 11) is -3.60. The Morgan fingerprint density at radius 2 is 1.82 bits per heavy atom. The first-order chi connectivity index (χ1) is 10.5. The van der Waals surface area contributed by atoms with Crippen molar-refractivity contribution in [2.45, 2.75) is 11.8 Å². The highest BCUT2D eigenvalue weighted by atomic mass is 32.2. The van der Waals surface area contributed by atoms with Crippen LogP contribution in [-0.2, 0) is 10.0 Å². The first kappa shape index (κ1) is 14.3. The van der Waals surface area contributed by atoms with Crippen molar-refractivity contribution < 1.29 is 8.42 Å². The fraction of sp³-hybridized carbons (Fsp3) is 0.0625. The number of sulfonamides is 1. The Balaban J connectivity index is 1.89. The number of rotatable bonds is 4. The molecule has 0 unspecified atom stereocenters. The summed E-state index contributed by atoms with van der Waals surface area (Å²) in [5, 5.41) is 4.13. The summed E-state index contributed by atoms with van der Waals surface area (Å²) in [4.78, 5) is 0.239. The van der Waals surface area contributed by atoms with Gasteiger partial charge in [-0.05, 0) is 43.3 Å². The lowest BCUT2D eigenvalue weighted by atomic mass is 10.2. The number of nitrogens with one attached hydrogen (secondary N) is 1. The lowest BCUT2D eigenvalue weighted by Gasteiger charge is -2.10. The molecule has 0 saturated heterocycles. The van der Waals surface area contributed by atoms with Crippen molar-refractivity contribution in [3.63, 3.8) is 0 Å². The molecule has 6 heteroatoms. The summed E-state index contributed by atoms with van der Waals surface area (Å²) in [6.45, 7) is 1.91. The molecule has 1 N–H and O–H groups in total. The van der Waals surface area contributed by atoms with Gasteiger partial charge in [-0.1, -0.05) is 23.8 Å². The van der Waals surface area contributed by atoms with E-state index in [0.717, 1.165) is 11.3 Å². The zero-order chi connectivity index (χ0) is 15.6. The Bertz CT molecular complexity index is 870. The minimum absolute atomic E-state index is 0.239. The van der Waals surface area contributed by atoms with E-state index >= 15 is 0 Å². The molecule has 112 valence electrons. The second kappa shape index (κ2) is 5.65. The number of aryl methyl sites for hydroxylation is 1. The summed E-state index contributed by atoms with van der Waals surface area (Å²) < 4.78 is 29.0. The molecule has 2 aromatic carbocycles. The van der Waals surface area contributed by atoms with Gasteiger partial charge in [0.15, 0.2) is 0 Å². The molecule has 0 atom stereocenters.